The molecule has 0 bridgehead atoms. The number of rotatable bonds is 3. The van der Waals surface area contributed by atoms with E-state index in [0.29, 0.717) is 5.56 Å². The third-order valence-electron chi connectivity index (χ3n) is 1.92. The summed E-state index contributed by atoms with van der Waals surface area (Å²) in [5.74, 6) is -1.14. The van der Waals surface area contributed by atoms with Gasteiger partial charge < -0.3 is 15.9 Å². The van der Waals surface area contributed by atoms with Gasteiger partial charge in [-0.2, -0.15) is 0 Å². The Hall–Kier alpha value is -1.46. The minimum Gasteiger partial charge on any atom is -0.477 e. The molecule has 4 N–H and O–H groups in total. The van der Waals surface area contributed by atoms with Gasteiger partial charge in [0.25, 0.3) is 0 Å². The average molecular weight is 196 g/mol. The van der Waals surface area contributed by atoms with Crippen molar-refractivity contribution in [1.29, 1.82) is 0 Å². The quantitative estimate of drug-likeness (QED) is 0.639. The summed E-state index contributed by atoms with van der Waals surface area (Å²) in [6.45, 7) is 1.50. The molecule has 0 fully saturated rings. The van der Waals surface area contributed by atoms with E-state index < -0.39 is 18.1 Å². The minimum absolute atomic E-state index is 0.110. The molecule has 14 heavy (non-hydrogen) atoms. The topological polar surface area (TPSA) is 96.4 Å². The number of carboxylic acids is 1. The number of aromatic carboxylic acids is 1. The Labute approximate surface area is 81.2 Å². The van der Waals surface area contributed by atoms with Gasteiger partial charge in [0.1, 0.15) is 0 Å². The highest BCUT2D eigenvalue weighted by Gasteiger charge is 2.19. The molecule has 0 saturated carbocycles. The van der Waals surface area contributed by atoms with Gasteiger partial charge in [0, 0.05) is 11.8 Å². The molecule has 1 heterocycles. The number of nitrogens with zero attached hydrogens (tertiary/aromatic N) is 1. The molecular formula is C9H12N2O3. The lowest BCUT2D eigenvalue weighted by molar-refractivity contribution is 0.0686. The largest absolute Gasteiger partial charge is 0.477 e. The Morgan fingerprint density at radius 2 is 2.29 bits per heavy atom. The average Bonchev–Trinajstić information content (AvgIpc) is 2.16. The summed E-state index contributed by atoms with van der Waals surface area (Å²) in [5.41, 5.74) is 5.86. The number of aliphatic hydroxyl groups is 1. The third kappa shape index (κ3) is 2.07. The van der Waals surface area contributed by atoms with Crippen LogP contribution in [0, 0.1) is 0 Å². The van der Waals surface area contributed by atoms with Crippen LogP contribution < -0.4 is 5.73 Å². The number of pyridine rings is 1. The van der Waals surface area contributed by atoms with E-state index in [-0.39, 0.29) is 5.69 Å². The van der Waals surface area contributed by atoms with Crippen LogP contribution in [0.25, 0.3) is 0 Å². The van der Waals surface area contributed by atoms with Crippen LogP contribution in [0.3, 0.4) is 0 Å². The maximum Gasteiger partial charge on any atom is 0.354 e. The van der Waals surface area contributed by atoms with E-state index in [1.807, 2.05) is 0 Å². The van der Waals surface area contributed by atoms with Crippen LogP contribution in [0.15, 0.2) is 18.3 Å². The van der Waals surface area contributed by atoms with Crippen molar-refractivity contribution < 1.29 is 15.0 Å². The lowest BCUT2D eigenvalue weighted by Gasteiger charge is -2.16. The van der Waals surface area contributed by atoms with Crippen molar-refractivity contribution in [2.45, 2.75) is 19.1 Å². The monoisotopic (exact) mass is 196 g/mol. The molecule has 0 spiro atoms. The molecule has 1 aromatic heterocycles. The maximum absolute atomic E-state index is 10.7. The van der Waals surface area contributed by atoms with Crippen LogP contribution in [0.1, 0.15) is 29.0 Å². The molecule has 5 nitrogen and oxygen atoms in total. The van der Waals surface area contributed by atoms with Crippen LogP contribution >= 0.6 is 0 Å². The molecular weight excluding hydrogens is 184 g/mol. The van der Waals surface area contributed by atoms with E-state index in [1.165, 1.54) is 13.1 Å². The molecule has 0 aliphatic carbocycles. The van der Waals surface area contributed by atoms with Crippen molar-refractivity contribution in [1.82, 2.24) is 4.98 Å². The van der Waals surface area contributed by atoms with Crippen molar-refractivity contribution in [3.63, 3.8) is 0 Å². The Morgan fingerprint density at radius 1 is 1.64 bits per heavy atom. The lowest BCUT2D eigenvalue weighted by Crippen LogP contribution is -2.25. The van der Waals surface area contributed by atoms with Gasteiger partial charge in [-0.3, -0.25) is 0 Å². The predicted octanol–water partition coefficient (Wildman–Crippen LogP) is 0.160. The zero-order valence-electron chi connectivity index (χ0n) is 7.71. The molecule has 1 aromatic rings. The highest BCUT2D eigenvalue weighted by Crippen LogP contribution is 2.16. The summed E-state index contributed by atoms with van der Waals surface area (Å²) in [6, 6.07) is 2.41. The number of nitrogens with two attached hydrogens (primary N) is 1. The van der Waals surface area contributed by atoms with E-state index in [4.69, 9.17) is 10.8 Å². The molecule has 0 aliphatic rings. The van der Waals surface area contributed by atoms with Crippen molar-refractivity contribution in [3.05, 3.63) is 29.6 Å². The second-order valence-electron chi connectivity index (χ2n) is 3.01. The molecule has 0 radical (unpaired) electrons. The first-order valence-electron chi connectivity index (χ1n) is 4.16. The van der Waals surface area contributed by atoms with Gasteiger partial charge in [-0.05, 0) is 13.0 Å². The number of carbonyl (C=O) groups is 1. The fraction of sp³-hybridized carbons (Fsp3) is 0.333. The zero-order valence-corrected chi connectivity index (χ0v) is 7.71. The van der Waals surface area contributed by atoms with Crippen LogP contribution in [-0.2, 0) is 0 Å². The number of hydrogen-bond donors (Lipinski definition) is 3. The Morgan fingerprint density at radius 3 is 2.79 bits per heavy atom. The highest BCUT2D eigenvalue weighted by atomic mass is 16.4. The van der Waals surface area contributed by atoms with Gasteiger partial charge in [0.05, 0.1) is 12.1 Å². The fourth-order valence-electron chi connectivity index (χ4n) is 1.13. The Kier molecular flexibility index (Phi) is 3.16. The van der Waals surface area contributed by atoms with Crippen molar-refractivity contribution in [3.8, 4) is 0 Å². The first-order chi connectivity index (χ1) is 6.54. The molecule has 0 unspecified atom stereocenters. The third-order valence-corrected chi connectivity index (χ3v) is 1.92. The van der Waals surface area contributed by atoms with E-state index >= 15 is 0 Å². The summed E-state index contributed by atoms with van der Waals surface area (Å²) in [4.78, 5) is 14.4. The molecule has 76 valence electrons. The fourth-order valence-corrected chi connectivity index (χ4v) is 1.13. The summed E-state index contributed by atoms with van der Waals surface area (Å²) in [7, 11) is 0. The van der Waals surface area contributed by atoms with Gasteiger partial charge in [0.2, 0.25) is 0 Å². The summed E-state index contributed by atoms with van der Waals surface area (Å²) in [5, 5.41) is 18.0. The smallest absolute Gasteiger partial charge is 0.354 e. The van der Waals surface area contributed by atoms with Gasteiger partial charge in [-0.1, -0.05) is 6.07 Å². The van der Waals surface area contributed by atoms with E-state index in [9.17, 15) is 9.90 Å². The number of aliphatic hydroxyl groups excluding tert-OH is 1. The highest BCUT2D eigenvalue weighted by molar-refractivity contribution is 5.87. The first kappa shape index (κ1) is 10.6. The normalized spacial score (nSPS) is 14.8. The number of aromatic nitrogens is 1. The van der Waals surface area contributed by atoms with Gasteiger partial charge in [-0.25, -0.2) is 9.78 Å². The minimum atomic E-state index is -1.14. The summed E-state index contributed by atoms with van der Waals surface area (Å²) < 4.78 is 0. The lowest BCUT2D eigenvalue weighted by atomic mass is 10.0. The van der Waals surface area contributed by atoms with Gasteiger partial charge in [-0.15, -0.1) is 0 Å². The van der Waals surface area contributed by atoms with Crippen molar-refractivity contribution in [2.75, 3.05) is 0 Å². The van der Waals surface area contributed by atoms with Crippen LogP contribution in [0.4, 0.5) is 0 Å². The van der Waals surface area contributed by atoms with Crippen LogP contribution in [0.5, 0.6) is 0 Å². The molecule has 0 aliphatic heterocycles. The van der Waals surface area contributed by atoms with E-state index in [1.54, 1.807) is 12.1 Å². The van der Waals surface area contributed by atoms with E-state index in [2.05, 4.69) is 4.98 Å². The maximum atomic E-state index is 10.7. The molecule has 0 aromatic carbocycles. The van der Waals surface area contributed by atoms with Crippen molar-refractivity contribution >= 4 is 5.97 Å². The predicted molar refractivity (Wildman–Crippen MR) is 49.8 cm³/mol. The van der Waals surface area contributed by atoms with Crippen molar-refractivity contribution in [2.24, 2.45) is 5.73 Å². The second-order valence-corrected chi connectivity index (χ2v) is 3.01. The van der Waals surface area contributed by atoms with Gasteiger partial charge in [0.15, 0.2) is 5.69 Å². The number of hydrogen-bond acceptors (Lipinski definition) is 4. The zero-order chi connectivity index (χ0) is 10.7. The molecule has 0 amide bonds. The first-order valence-corrected chi connectivity index (χ1v) is 4.16. The van der Waals surface area contributed by atoms with E-state index in [0.717, 1.165) is 0 Å². The molecule has 2 atom stereocenters. The SMILES string of the molecule is C[C@H](O)[C@H](N)c1cccnc1C(=O)O. The Balaban J connectivity index is 3.13. The molecule has 5 heteroatoms. The standard InChI is InChI=1S/C9H12N2O3/c1-5(12)7(10)6-3-2-4-11-8(6)9(13)14/h2-5,7,12H,10H2,1H3,(H,13,14)/t5-,7-/m0/s1. The van der Waals surface area contributed by atoms with Crippen LogP contribution in [-0.4, -0.2) is 27.3 Å². The molecule has 0 saturated heterocycles. The summed E-state index contributed by atoms with van der Waals surface area (Å²) >= 11 is 0. The number of carboxylic acid groups (broad SMARTS) is 1. The second kappa shape index (κ2) is 4.17. The Bertz CT molecular complexity index is 339. The molecule has 1 rings (SSSR count). The summed E-state index contributed by atoms with van der Waals surface area (Å²) in [6.07, 6.45) is 0.569. The van der Waals surface area contributed by atoms with Crippen LogP contribution in [0.2, 0.25) is 0 Å². The van der Waals surface area contributed by atoms with Gasteiger partial charge >= 0.3 is 5.97 Å².